The molecule has 14 heavy (non-hydrogen) atoms. The van der Waals surface area contributed by atoms with Gasteiger partial charge >= 0.3 is 0 Å². The summed E-state index contributed by atoms with van der Waals surface area (Å²) in [7, 11) is 0. The Hall–Kier alpha value is -1.64. The maximum atomic E-state index is 10.6. The van der Waals surface area contributed by atoms with E-state index in [1.807, 2.05) is 6.07 Å². The number of benzene rings is 1. The molecular weight excluding hydrogens is 206 g/mol. The quantitative estimate of drug-likeness (QED) is 0.594. The summed E-state index contributed by atoms with van der Waals surface area (Å²) in [4.78, 5) is 9.98. The Kier molecular flexibility index (Phi) is 3.02. The van der Waals surface area contributed by atoms with Gasteiger partial charge < -0.3 is 5.73 Å². The number of nitriles is 1. The van der Waals surface area contributed by atoms with Crippen LogP contribution in [0.15, 0.2) is 12.1 Å². The van der Waals surface area contributed by atoms with Crippen molar-refractivity contribution in [3.05, 3.63) is 38.4 Å². The summed E-state index contributed by atoms with van der Waals surface area (Å²) in [5.74, 6) is 0. The molecule has 5 nitrogen and oxygen atoms in total. The summed E-state index contributed by atoms with van der Waals surface area (Å²) < 4.78 is 0. The summed E-state index contributed by atoms with van der Waals surface area (Å²) in [6.45, 7) is -0.0592. The van der Waals surface area contributed by atoms with E-state index in [1.165, 1.54) is 12.1 Å². The van der Waals surface area contributed by atoms with Crippen molar-refractivity contribution in [1.29, 1.82) is 5.26 Å². The van der Waals surface area contributed by atoms with Crippen LogP contribution in [0.1, 0.15) is 11.1 Å². The summed E-state index contributed by atoms with van der Waals surface area (Å²) in [5.41, 5.74) is 5.46. The Morgan fingerprint density at radius 3 is 2.71 bits per heavy atom. The molecule has 1 aromatic carbocycles. The molecule has 0 aliphatic heterocycles. The van der Waals surface area contributed by atoms with E-state index in [2.05, 4.69) is 0 Å². The van der Waals surface area contributed by atoms with Gasteiger partial charge in [-0.05, 0) is 6.07 Å². The molecule has 1 aromatic rings. The van der Waals surface area contributed by atoms with Crippen LogP contribution in [-0.2, 0) is 6.54 Å². The molecule has 6 heteroatoms. The summed E-state index contributed by atoms with van der Waals surface area (Å²) in [6.07, 6.45) is 0. The third-order valence-electron chi connectivity index (χ3n) is 1.71. The number of nitro benzene ring substituents is 1. The maximum Gasteiger partial charge on any atom is 0.276 e. The first-order valence-corrected chi connectivity index (χ1v) is 4.05. The molecule has 0 saturated carbocycles. The lowest BCUT2D eigenvalue weighted by Gasteiger charge is -2.02. The molecule has 2 N–H and O–H groups in total. The standard InChI is InChI=1S/C8H6ClN3O2/c9-6-1-5(3-10)7(4-11)8(2-6)12(13)14/h1-2H,4,11H2. The molecule has 0 aliphatic rings. The lowest BCUT2D eigenvalue weighted by atomic mass is 10.1. The Morgan fingerprint density at radius 2 is 2.29 bits per heavy atom. The number of nitrogens with zero attached hydrogens (tertiary/aromatic N) is 2. The van der Waals surface area contributed by atoms with Crippen molar-refractivity contribution in [2.45, 2.75) is 6.54 Å². The van der Waals surface area contributed by atoms with E-state index in [1.54, 1.807) is 0 Å². The first-order valence-electron chi connectivity index (χ1n) is 3.67. The normalized spacial score (nSPS) is 9.50. The third-order valence-corrected chi connectivity index (χ3v) is 1.93. The maximum absolute atomic E-state index is 10.6. The van der Waals surface area contributed by atoms with Gasteiger partial charge in [0.1, 0.15) is 0 Å². The SMILES string of the molecule is N#Cc1cc(Cl)cc([N+](=O)[O-])c1CN. The number of hydrogen-bond acceptors (Lipinski definition) is 4. The van der Waals surface area contributed by atoms with Crippen LogP contribution in [0.25, 0.3) is 0 Å². The van der Waals surface area contributed by atoms with Crippen molar-refractivity contribution in [3.63, 3.8) is 0 Å². The van der Waals surface area contributed by atoms with Crippen LogP contribution in [0.4, 0.5) is 5.69 Å². The number of hydrogen-bond donors (Lipinski definition) is 1. The predicted molar refractivity (Wildman–Crippen MR) is 50.7 cm³/mol. The Morgan fingerprint density at radius 1 is 1.64 bits per heavy atom. The van der Waals surface area contributed by atoms with Gasteiger partial charge in [-0.2, -0.15) is 5.26 Å². The highest BCUT2D eigenvalue weighted by atomic mass is 35.5. The second kappa shape index (κ2) is 4.05. The third kappa shape index (κ3) is 1.82. The number of nitrogens with two attached hydrogens (primary N) is 1. The molecule has 0 saturated heterocycles. The largest absolute Gasteiger partial charge is 0.326 e. The van der Waals surface area contributed by atoms with Crippen LogP contribution in [0.3, 0.4) is 0 Å². The molecule has 0 amide bonds. The topological polar surface area (TPSA) is 92.9 Å². The van der Waals surface area contributed by atoms with Crippen molar-refractivity contribution in [2.75, 3.05) is 0 Å². The fraction of sp³-hybridized carbons (Fsp3) is 0.125. The van der Waals surface area contributed by atoms with E-state index in [4.69, 9.17) is 22.6 Å². The van der Waals surface area contributed by atoms with E-state index >= 15 is 0 Å². The molecule has 0 heterocycles. The summed E-state index contributed by atoms with van der Waals surface area (Å²) in [5, 5.41) is 19.4. The van der Waals surface area contributed by atoms with Gasteiger partial charge in [0.2, 0.25) is 0 Å². The Labute approximate surface area is 84.8 Å². The van der Waals surface area contributed by atoms with Crippen LogP contribution in [0.5, 0.6) is 0 Å². The molecule has 0 atom stereocenters. The lowest BCUT2D eigenvalue weighted by molar-refractivity contribution is -0.385. The molecular formula is C8H6ClN3O2. The zero-order valence-electron chi connectivity index (χ0n) is 7.03. The molecule has 0 fully saturated rings. The minimum Gasteiger partial charge on any atom is -0.326 e. The molecule has 0 unspecified atom stereocenters. The lowest BCUT2D eigenvalue weighted by Crippen LogP contribution is -2.04. The minimum absolute atomic E-state index is 0.0592. The van der Waals surface area contributed by atoms with Crippen LogP contribution in [-0.4, -0.2) is 4.92 Å². The van der Waals surface area contributed by atoms with Crippen LogP contribution >= 0.6 is 11.6 Å². The molecule has 0 spiro atoms. The van der Waals surface area contributed by atoms with E-state index in [0.717, 1.165) is 0 Å². The highest BCUT2D eigenvalue weighted by Crippen LogP contribution is 2.26. The van der Waals surface area contributed by atoms with Crippen molar-refractivity contribution in [3.8, 4) is 6.07 Å². The fourth-order valence-electron chi connectivity index (χ4n) is 1.10. The second-order valence-electron chi connectivity index (χ2n) is 2.52. The van der Waals surface area contributed by atoms with Gasteiger partial charge in [0.25, 0.3) is 5.69 Å². The molecule has 0 bridgehead atoms. The van der Waals surface area contributed by atoms with Crippen molar-refractivity contribution >= 4 is 17.3 Å². The van der Waals surface area contributed by atoms with E-state index in [9.17, 15) is 10.1 Å². The Balaban J connectivity index is 3.49. The second-order valence-corrected chi connectivity index (χ2v) is 2.96. The molecule has 0 aromatic heterocycles. The number of nitro groups is 1. The van der Waals surface area contributed by atoms with Crippen LogP contribution in [0.2, 0.25) is 5.02 Å². The summed E-state index contributed by atoms with van der Waals surface area (Å²) >= 11 is 5.61. The predicted octanol–water partition coefficient (Wildman–Crippen LogP) is 1.58. The average Bonchev–Trinajstić information content (AvgIpc) is 2.16. The highest BCUT2D eigenvalue weighted by molar-refractivity contribution is 6.31. The number of halogens is 1. The van der Waals surface area contributed by atoms with Gasteiger partial charge in [-0.1, -0.05) is 11.6 Å². The zero-order chi connectivity index (χ0) is 10.7. The van der Waals surface area contributed by atoms with Gasteiger partial charge in [-0.25, -0.2) is 0 Å². The molecule has 0 aliphatic carbocycles. The first kappa shape index (κ1) is 10.4. The van der Waals surface area contributed by atoms with Gasteiger partial charge in [-0.3, -0.25) is 10.1 Å². The van der Waals surface area contributed by atoms with Gasteiger partial charge in [0.15, 0.2) is 0 Å². The average molecular weight is 212 g/mol. The van der Waals surface area contributed by atoms with Crippen molar-refractivity contribution in [2.24, 2.45) is 5.73 Å². The first-order chi connectivity index (χ1) is 6.60. The number of rotatable bonds is 2. The van der Waals surface area contributed by atoms with Crippen LogP contribution < -0.4 is 5.73 Å². The van der Waals surface area contributed by atoms with Crippen LogP contribution in [0, 0.1) is 21.4 Å². The van der Waals surface area contributed by atoms with Gasteiger partial charge in [0, 0.05) is 17.6 Å². The minimum atomic E-state index is -0.602. The molecule has 72 valence electrons. The molecule has 0 radical (unpaired) electrons. The van der Waals surface area contributed by atoms with Gasteiger partial charge in [0.05, 0.1) is 22.1 Å². The molecule has 1 rings (SSSR count). The van der Waals surface area contributed by atoms with Gasteiger partial charge in [-0.15, -0.1) is 0 Å². The smallest absolute Gasteiger partial charge is 0.276 e. The van der Waals surface area contributed by atoms with Crippen molar-refractivity contribution in [1.82, 2.24) is 0 Å². The zero-order valence-corrected chi connectivity index (χ0v) is 7.78. The van der Waals surface area contributed by atoms with Crippen molar-refractivity contribution < 1.29 is 4.92 Å². The highest BCUT2D eigenvalue weighted by Gasteiger charge is 2.17. The Bertz CT molecular complexity index is 425. The van der Waals surface area contributed by atoms with E-state index < -0.39 is 4.92 Å². The monoisotopic (exact) mass is 211 g/mol. The van der Waals surface area contributed by atoms with E-state index in [0.29, 0.717) is 0 Å². The fourth-order valence-corrected chi connectivity index (χ4v) is 1.31. The summed E-state index contributed by atoms with van der Waals surface area (Å²) in [6, 6.07) is 4.36. The van der Waals surface area contributed by atoms with E-state index in [-0.39, 0.29) is 28.4 Å².